The van der Waals surface area contributed by atoms with Crippen molar-refractivity contribution in [2.24, 2.45) is 0 Å². The largest absolute Gasteiger partial charge is 0.324 e. The molecule has 0 saturated carbocycles. The van der Waals surface area contributed by atoms with Crippen LogP contribution in [0.15, 0.2) is 54.6 Å². The molecule has 0 aliphatic carbocycles. The fourth-order valence-electron chi connectivity index (χ4n) is 2.75. The van der Waals surface area contributed by atoms with Crippen molar-refractivity contribution >= 4 is 57.6 Å². The molecule has 0 fully saturated rings. The van der Waals surface area contributed by atoms with Gasteiger partial charge in [0.05, 0.1) is 26.8 Å². The van der Waals surface area contributed by atoms with Gasteiger partial charge in [-0.1, -0.05) is 35.3 Å². The van der Waals surface area contributed by atoms with Crippen molar-refractivity contribution in [2.45, 2.75) is 6.92 Å². The van der Waals surface area contributed by atoms with Crippen LogP contribution >= 0.6 is 23.2 Å². The number of pyridine rings is 1. The molecule has 2 aromatic carbocycles. The van der Waals surface area contributed by atoms with E-state index in [0.29, 0.717) is 44.1 Å². The van der Waals surface area contributed by atoms with E-state index in [-0.39, 0.29) is 5.91 Å². The van der Waals surface area contributed by atoms with Gasteiger partial charge in [0, 0.05) is 11.3 Å². The van der Waals surface area contributed by atoms with E-state index >= 15 is 0 Å². The van der Waals surface area contributed by atoms with E-state index in [2.05, 4.69) is 25.6 Å². The van der Waals surface area contributed by atoms with E-state index < -0.39 is 0 Å². The third-order valence-corrected chi connectivity index (χ3v) is 4.71. The van der Waals surface area contributed by atoms with Crippen LogP contribution in [0.3, 0.4) is 0 Å². The molecule has 3 N–H and O–H groups in total. The number of para-hydroxylation sites is 1. The number of rotatable bonds is 4. The lowest BCUT2D eigenvalue weighted by molar-refractivity contribution is 0.102. The first-order valence-electron chi connectivity index (χ1n) is 8.45. The van der Waals surface area contributed by atoms with Gasteiger partial charge in [-0.25, -0.2) is 9.97 Å². The summed E-state index contributed by atoms with van der Waals surface area (Å²) in [6.07, 6.45) is 0. The number of imidazole rings is 1. The van der Waals surface area contributed by atoms with Crippen molar-refractivity contribution < 1.29 is 4.79 Å². The van der Waals surface area contributed by atoms with Crippen molar-refractivity contribution in [3.63, 3.8) is 0 Å². The van der Waals surface area contributed by atoms with Gasteiger partial charge in [0.15, 0.2) is 0 Å². The Hall–Kier alpha value is -3.09. The summed E-state index contributed by atoms with van der Waals surface area (Å²) in [5.41, 5.74) is 3.29. The molecule has 0 radical (unpaired) electrons. The number of hydrogen-bond donors (Lipinski definition) is 3. The molecule has 0 aliphatic rings. The van der Waals surface area contributed by atoms with Crippen LogP contribution in [0.4, 0.5) is 17.5 Å². The summed E-state index contributed by atoms with van der Waals surface area (Å²) in [5, 5.41) is 6.84. The van der Waals surface area contributed by atoms with Crippen LogP contribution in [-0.2, 0) is 0 Å². The van der Waals surface area contributed by atoms with E-state index in [1.54, 1.807) is 42.5 Å². The molecule has 0 bridgehead atoms. The number of anilines is 3. The number of fused-ring (bicyclic) bond motifs is 1. The van der Waals surface area contributed by atoms with Gasteiger partial charge in [-0.05, 0) is 49.4 Å². The number of nitrogens with one attached hydrogen (secondary N) is 3. The molecular weight excluding hydrogens is 397 g/mol. The number of aromatic amines is 1. The summed E-state index contributed by atoms with van der Waals surface area (Å²) in [4.78, 5) is 24.4. The average molecular weight is 412 g/mol. The molecule has 4 rings (SSSR count). The molecule has 0 aliphatic heterocycles. The lowest BCUT2D eigenvalue weighted by Crippen LogP contribution is -2.13. The molecule has 4 aromatic rings. The number of aromatic nitrogens is 3. The first-order valence-corrected chi connectivity index (χ1v) is 9.21. The SMILES string of the molecule is Cc1cccc(NC(=O)c2ccc3nc(Nc4c(Cl)cccc4Cl)[nH]c3c2)n1. The van der Waals surface area contributed by atoms with E-state index in [0.717, 1.165) is 5.69 Å². The van der Waals surface area contributed by atoms with Crippen molar-refractivity contribution in [3.8, 4) is 0 Å². The van der Waals surface area contributed by atoms with Crippen molar-refractivity contribution in [1.29, 1.82) is 0 Å². The monoisotopic (exact) mass is 411 g/mol. The minimum atomic E-state index is -0.252. The highest BCUT2D eigenvalue weighted by Crippen LogP contribution is 2.32. The molecular formula is C20H15Cl2N5O. The molecule has 0 unspecified atom stereocenters. The Kier molecular flexibility index (Phi) is 4.90. The maximum absolute atomic E-state index is 12.5. The quantitative estimate of drug-likeness (QED) is 0.409. The molecule has 6 nitrogen and oxygen atoms in total. The fourth-order valence-corrected chi connectivity index (χ4v) is 3.24. The predicted octanol–water partition coefficient (Wildman–Crippen LogP) is 5.57. The minimum Gasteiger partial charge on any atom is -0.324 e. The molecule has 1 amide bonds. The van der Waals surface area contributed by atoms with Crippen molar-refractivity contribution in [2.75, 3.05) is 10.6 Å². The second-order valence-corrected chi connectivity index (χ2v) is 6.97. The van der Waals surface area contributed by atoms with Gasteiger partial charge in [0.1, 0.15) is 5.82 Å². The van der Waals surface area contributed by atoms with Gasteiger partial charge in [-0.15, -0.1) is 0 Å². The topological polar surface area (TPSA) is 82.7 Å². The fraction of sp³-hybridized carbons (Fsp3) is 0.0500. The van der Waals surface area contributed by atoms with Gasteiger partial charge in [0.2, 0.25) is 5.95 Å². The lowest BCUT2D eigenvalue weighted by atomic mass is 10.2. The third-order valence-electron chi connectivity index (χ3n) is 4.08. The van der Waals surface area contributed by atoms with Crippen LogP contribution in [0.2, 0.25) is 10.0 Å². The Labute approximate surface area is 170 Å². The zero-order valence-electron chi connectivity index (χ0n) is 14.8. The van der Waals surface area contributed by atoms with E-state index in [9.17, 15) is 4.79 Å². The van der Waals surface area contributed by atoms with Gasteiger partial charge < -0.3 is 15.6 Å². The zero-order valence-corrected chi connectivity index (χ0v) is 16.3. The Morgan fingerprint density at radius 2 is 1.75 bits per heavy atom. The molecule has 8 heteroatoms. The lowest BCUT2D eigenvalue weighted by Gasteiger charge is -2.07. The van der Waals surface area contributed by atoms with Gasteiger partial charge >= 0.3 is 0 Å². The number of aryl methyl sites for hydroxylation is 1. The summed E-state index contributed by atoms with van der Waals surface area (Å²) in [6.45, 7) is 1.87. The van der Waals surface area contributed by atoms with Crippen LogP contribution in [-0.4, -0.2) is 20.9 Å². The van der Waals surface area contributed by atoms with Gasteiger partial charge in [0.25, 0.3) is 5.91 Å². The van der Waals surface area contributed by atoms with Crippen LogP contribution in [0, 0.1) is 6.92 Å². The number of hydrogen-bond acceptors (Lipinski definition) is 4. The maximum atomic E-state index is 12.5. The zero-order chi connectivity index (χ0) is 19.7. The first kappa shape index (κ1) is 18.3. The molecule has 2 aromatic heterocycles. The maximum Gasteiger partial charge on any atom is 0.256 e. The number of amides is 1. The molecule has 0 atom stereocenters. The van der Waals surface area contributed by atoms with E-state index in [1.807, 2.05) is 19.1 Å². The smallest absolute Gasteiger partial charge is 0.256 e. The highest BCUT2D eigenvalue weighted by Gasteiger charge is 2.12. The molecule has 2 heterocycles. The summed E-state index contributed by atoms with van der Waals surface area (Å²) >= 11 is 12.4. The number of carbonyl (C=O) groups is 1. The number of carbonyl (C=O) groups excluding carboxylic acids is 1. The van der Waals surface area contributed by atoms with Crippen LogP contribution in [0.25, 0.3) is 11.0 Å². The summed E-state index contributed by atoms with van der Waals surface area (Å²) in [5.74, 6) is 0.728. The van der Waals surface area contributed by atoms with E-state index in [4.69, 9.17) is 23.2 Å². The minimum absolute atomic E-state index is 0.252. The highest BCUT2D eigenvalue weighted by atomic mass is 35.5. The van der Waals surface area contributed by atoms with Gasteiger partial charge in [-0.2, -0.15) is 0 Å². The van der Waals surface area contributed by atoms with Crippen LogP contribution < -0.4 is 10.6 Å². The standard InChI is InChI=1S/C20H15Cl2N5O/c1-11-4-2-7-17(23-11)26-19(28)12-8-9-15-16(10-12)25-20(24-15)27-18-13(21)5-3-6-14(18)22/h2-10H,1H3,(H,23,26,28)(H2,24,25,27). The second kappa shape index (κ2) is 7.50. The third kappa shape index (κ3) is 3.78. The van der Waals surface area contributed by atoms with E-state index in [1.165, 1.54) is 0 Å². The van der Waals surface area contributed by atoms with Crippen LogP contribution in [0.5, 0.6) is 0 Å². The summed E-state index contributed by atoms with van der Waals surface area (Å²) < 4.78 is 0. The normalized spacial score (nSPS) is 10.8. The van der Waals surface area contributed by atoms with Crippen molar-refractivity contribution in [1.82, 2.24) is 15.0 Å². The van der Waals surface area contributed by atoms with Crippen molar-refractivity contribution in [3.05, 3.63) is 75.9 Å². The number of H-pyrrole nitrogens is 1. The molecule has 140 valence electrons. The van der Waals surface area contributed by atoms with Crippen LogP contribution in [0.1, 0.15) is 16.1 Å². The Balaban J connectivity index is 1.58. The van der Waals surface area contributed by atoms with Gasteiger partial charge in [-0.3, -0.25) is 4.79 Å². The Bertz CT molecular complexity index is 1170. The average Bonchev–Trinajstić information content (AvgIpc) is 3.06. The second-order valence-electron chi connectivity index (χ2n) is 6.16. The molecule has 0 saturated heterocycles. The summed E-state index contributed by atoms with van der Waals surface area (Å²) in [7, 11) is 0. The highest BCUT2D eigenvalue weighted by molar-refractivity contribution is 6.39. The predicted molar refractivity (Wildman–Crippen MR) is 113 cm³/mol. The molecule has 28 heavy (non-hydrogen) atoms. The Morgan fingerprint density at radius 3 is 2.50 bits per heavy atom. The number of nitrogens with zero attached hydrogens (tertiary/aromatic N) is 2. The first-order chi connectivity index (χ1) is 13.5. The summed E-state index contributed by atoms with van der Waals surface area (Å²) in [6, 6.07) is 15.9. The number of benzene rings is 2. The number of halogens is 2. The molecule has 0 spiro atoms. The Morgan fingerprint density at radius 1 is 1.00 bits per heavy atom.